The monoisotopic (exact) mass is 701 g/mol. The molecule has 3 aromatic rings. The molecule has 0 aromatic heterocycles. The number of phenols is 1. The minimum atomic E-state index is -0.957. The normalized spacial score (nSPS) is 22.4. The molecule has 0 amide bonds. The van der Waals surface area contributed by atoms with Crippen LogP contribution in [0, 0.1) is 17.8 Å². The Labute approximate surface area is 310 Å². The first-order valence-corrected chi connectivity index (χ1v) is 20.5. The van der Waals surface area contributed by atoms with Crippen LogP contribution in [0.15, 0.2) is 36.4 Å². The molecule has 3 aromatic carbocycles. The zero-order valence-corrected chi connectivity index (χ0v) is 33.7. The van der Waals surface area contributed by atoms with Crippen LogP contribution < -0.4 is 9.47 Å². The van der Waals surface area contributed by atoms with Crippen LogP contribution in [0.1, 0.15) is 154 Å². The molecular formula is C46H68O5. The predicted octanol–water partition coefficient (Wildman–Crippen LogP) is 12.9. The summed E-state index contributed by atoms with van der Waals surface area (Å²) in [5, 5.41) is 22.6. The van der Waals surface area contributed by atoms with Gasteiger partial charge in [-0.1, -0.05) is 101 Å². The van der Waals surface area contributed by atoms with Gasteiger partial charge in [-0.15, -0.1) is 0 Å². The van der Waals surface area contributed by atoms with Crippen molar-refractivity contribution in [2.24, 2.45) is 17.8 Å². The number of rotatable bonds is 5. The second-order valence-corrected chi connectivity index (χ2v) is 13.7. The van der Waals surface area contributed by atoms with Crippen molar-refractivity contribution in [3.63, 3.8) is 0 Å². The van der Waals surface area contributed by atoms with E-state index in [4.69, 9.17) is 9.47 Å². The van der Waals surface area contributed by atoms with Gasteiger partial charge in [-0.2, -0.15) is 0 Å². The molecule has 282 valence electrons. The highest BCUT2D eigenvalue weighted by atomic mass is 16.5. The van der Waals surface area contributed by atoms with Crippen LogP contribution in [0.5, 0.6) is 17.2 Å². The summed E-state index contributed by atoms with van der Waals surface area (Å²) < 4.78 is 13.1. The molecule has 0 heterocycles. The molecule has 5 atom stereocenters. The van der Waals surface area contributed by atoms with Gasteiger partial charge in [0.1, 0.15) is 29.5 Å². The Bertz CT molecular complexity index is 1570. The Kier molecular flexibility index (Phi) is 16.4. The molecule has 2 N–H and O–H groups in total. The second kappa shape index (κ2) is 20.0. The lowest BCUT2D eigenvalue weighted by atomic mass is 9.74. The van der Waals surface area contributed by atoms with Crippen LogP contribution in [-0.2, 0) is 25.7 Å². The van der Waals surface area contributed by atoms with E-state index in [-0.39, 0.29) is 18.0 Å². The topological polar surface area (TPSA) is 76.0 Å². The standard InChI is InChI=1S/C38H44O5.4C2H6/c1-21-8-6-10-33(23(21)3)43-27-16-12-25-14-18-29-35(31(25)20-27)36(38(40)41)34-28(37(29)39)17-13-24-11-15-26(19-30(24)34)42-32-9-5-4-7-22(32)2;4*1-2/h11-12,15-16,19-23,32-33,39H,4-10,13-14,17-18H2,1-3H3,(H,40,41);4*1-2H3. The van der Waals surface area contributed by atoms with E-state index in [2.05, 4.69) is 32.9 Å². The van der Waals surface area contributed by atoms with Crippen LogP contribution in [0.2, 0.25) is 0 Å². The third-order valence-corrected chi connectivity index (χ3v) is 11.1. The zero-order chi connectivity index (χ0) is 37.8. The van der Waals surface area contributed by atoms with Crippen molar-refractivity contribution in [3.05, 3.63) is 64.2 Å². The Morgan fingerprint density at radius 3 is 1.55 bits per heavy atom. The summed E-state index contributed by atoms with van der Waals surface area (Å²) in [5.74, 6) is 2.45. The number of aromatic carboxylic acids is 1. The number of fused-ring (bicyclic) bond motifs is 6. The van der Waals surface area contributed by atoms with Crippen molar-refractivity contribution in [2.45, 2.75) is 159 Å². The molecule has 2 fully saturated rings. The average Bonchev–Trinajstić information content (AvgIpc) is 3.17. The molecule has 5 unspecified atom stereocenters. The van der Waals surface area contributed by atoms with E-state index < -0.39 is 5.97 Å². The molecule has 5 heteroatoms. The number of hydrogen-bond acceptors (Lipinski definition) is 4. The number of aryl methyl sites for hydroxylation is 2. The molecule has 7 rings (SSSR count). The van der Waals surface area contributed by atoms with Gasteiger partial charge in [-0.05, 0) is 122 Å². The first-order valence-electron chi connectivity index (χ1n) is 20.5. The first kappa shape index (κ1) is 41.9. The van der Waals surface area contributed by atoms with Crippen molar-refractivity contribution >= 4 is 5.97 Å². The summed E-state index contributed by atoms with van der Waals surface area (Å²) >= 11 is 0. The predicted molar refractivity (Wildman–Crippen MR) is 215 cm³/mol. The zero-order valence-electron chi connectivity index (χ0n) is 33.7. The lowest BCUT2D eigenvalue weighted by molar-refractivity contribution is 0.0689. The lowest BCUT2D eigenvalue weighted by Crippen LogP contribution is -2.33. The summed E-state index contributed by atoms with van der Waals surface area (Å²) in [7, 11) is 0. The highest BCUT2D eigenvalue weighted by Gasteiger charge is 2.35. The number of hydrogen-bond donors (Lipinski definition) is 2. The van der Waals surface area contributed by atoms with Crippen molar-refractivity contribution in [1.82, 2.24) is 0 Å². The Balaban J connectivity index is 0.000000822. The number of phenolic OH excluding ortho intramolecular Hbond substituents is 1. The smallest absolute Gasteiger partial charge is 0.336 e. The van der Waals surface area contributed by atoms with Gasteiger partial charge < -0.3 is 19.7 Å². The number of ether oxygens (including phenoxy) is 2. The fraction of sp³-hybridized carbons (Fsp3) is 0.587. The van der Waals surface area contributed by atoms with Crippen LogP contribution in [0.4, 0.5) is 0 Å². The van der Waals surface area contributed by atoms with Crippen LogP contribution in [-0.4, -0.2) is 28.4 Å². The van der Waals surface area contributed by atoms with Crippen molar-refractivity contribution < 1.29 is 24.5 Å². The van der Waals surface area contributed by atoms with Gasteiger partial charge in [0.25, 0.3) is 0 Å². The molecule has 4 aliphatic carbocycles. The van der Waals surface area contributed by atoms with Gasteiger partial charge in [0.05, 0.1) is 5.56 Å². The third-order valence-electron chi connectivity index (χ3n) is 11.1. The summed E-state index contributed by atoms with van der Waals surface area (Å²) in [6.07, 6.45) is 11.2. The SMILES string of the molecule is CC.CC.CC.CC.CC1CCCCC1Oc1ccc2c(c1)-c1c(c(O)c3c(c1C(=O)O)-c1cc(OC4CCCC(C)C4C)ccc1CC3)CC2. The molecule has 0 radical (unpaired) electrons. The maximum Gasteiger partial charge on any atom is 0.336 e. The number of carboxylic acids is 1. The van der Waals surface area contributed by atoms with Gasteiger partial charge in [0, 0.05) is 22.3 Å². The van der Waals surface area contributed by atoms with Crippen LogP contribution in [0.25, 0.3) is 22.3 Å². The Morgan fingerprint density at radius 2 is 1.06 bits per heavy atom. The van der Waals surface area contributed by atoms with E-state index in [1.165, 1.54) is 25.7 Å². The van der Waals surface area contributed by atoms with E-state index >= 15 is 0 Å². The Morgan fingerprint density at radius 1 is 0.608 bits per heavy atom. The van der Waals surface area contributed by atoms with Crippen molar-refractivity contribution in [1.29, 1.82) is 0 Å². The Hall–Kier alpha value is -3.47. The van der Waals surface area contributed by atoms with Gasteiger partial charge >= 0.3 is 5.97 Å². The largest absolute Gasteiger partial charge is 0.507 e. The molecule has 0 bridgehead atoms. The number of benzene rings is 3. The van der Waals surface area contributed by atoms with Crippen LogP contribution in [0.3, 0.4) is 0 Å². The van der Waals surface area contributed by atoms with Gasteiger partial charge in [-0.25, -0.2) is 4.79 Å². The van der Waals surface area contributed by atoms with Gasteiger partial charge in [-0.3, -0.25) is 0 Å². The summed E-state index contributed by atoms with van der Waals surface area (Å²) in [6, 6.07) is 12.3. The average molecular weight is 701 g/mol. The molecule has 4 aliphatic rings. The number of carboxylic acid groups (broad SMARTS) is 1. The summed E-state index contributed by atoms with van der Waals surface area (Å²) in [5.41, 5.74) is 7.08. The molecular weight excluding hydrogens is 633 g/mol. The maximum atomic E-state index is 13.3. The first-order chi connectivity index (χ1) is 24.8. The molecule has 5 nitrogen and oxygen atoms in total. The molecule has 51 heavy (non-hydrogen) atoms. The highest BCUT2D eigenvalue weighted by molar-refractivity contribution is 6.07. The fourth-order valence-corrected chi connectivity index (χ4v) is 8.33. The van der Waals surface area contributed by atoms with E-state index in [9.17, 15) is 15.0 Å². The third kappa shape index (κ3) is 8.95. The molecule has 0 spiro atoms. The number of aromatic hydroxyl groups is 1. The van der Waals surface area contributed by atoms with Crippen molar-refractivity contribution in [3.8, 4) is 39.5 Å². The lowest BCUT2D eigenvalue weighted by Gasteiger charge is -2.34. The van der Waals surface area contributed by atoms with E-state index in [0.29, 0.717) is 47.3 Å². The summed E-state index contributed by atoms with van der Waals surface area (Å²) in [4.78, 5) is 13.3. The van der Waals surface area contributed by atoms with Gasteiger partial charge in [0.2, 0.25) is 0 Å². The minimum absolute atomic E-state index is 0.151. The minimum Gasteiger partial charge on any atom is -0.507 e. The number of carbonyl (C=O) groups is 1. The molecule has 0 aliphatic heterocycles. The second-order valence-electron chi connectivity index (χ2n) is 13.7. The summed E-state index contributed by atoms with van der Waals surface area (Å²) in [6.45, 7) is 22.8. The highest BCUT2D eigenvalue weighted by Crippen LogP contribution is 2.51. The van der Waals surface area contributed by atoms with E-state index in [0.717, 1.165) is 77.0 Å². The molecule has 0 saturated heterocycles. The fourth-order valence-electron chi connectivity index (χ4n) is 8.33. The van der Waals surface area contributed by atoms with E-state index in [1.807, 2.05) is 79.7 Å². The van der Waals surface area contributed by atoms with Crippen molar-refractivity contribution in [2.75, 3.05) is 0 Å². The van der Waals surface area contributed by atoms with E-state index in [1.54, 1.807) is 0 Å². The van der Waals surface area contributed by atoms with Gasteiger partial charge in [0.15, 0.2) is 0 Å². The quantitative estimate of drug-likeness (QED) is 0.277. The van der Waals surface area contributed by atoms with Crippen LogP contribution >= 0.6 is 0 Å². The molecule has 2 saturated carbocycles. The maximum absolute atomic E-state index is 13.3.